The molecule has 2 rings (SSSR count). The number of aryl methyl sites for hydroxylation is 2. The fourth-order valence-electron chi connectivity index (χ4n) is 3.00. The van der Waals surface area contributed by atoms with Gasteiger partial charge in [0, 0.05) is 27.8 Å². The highest BCUT2D eigenvalue weighted by Gasteiger charge is 2.24. The molecule has 2 atom stereocenters. The van der Waals surface area contributed by atoms with Crippen LogP contribution in [0.2, 0.25) is 0 Å². The maximum Gasteiger partial charge on any atom is 0.0437 e. The van der Waals surface area contributed by atoms with Crippen LogP contribution in [0.4, 0.5) is 0 Å². The molecule has 0 heterocycles. The van der Waals surface area contributed by atoms with Gasteiger partial charge in [-0.1, -0.05) is 36.6 Å². The zero-order valence-corrected chi connectivity index (χ0v) is 13.1. The minimum absolute atomic E-state index is 0.210. The van der Waals surface area contributed by atoms with Crippen LogP contribution in [0.3, 0.4) is 0 Å². The van der Waals surface area contributed by atoms with Gasteiger partial charge in [0.15, 0.2) is 0 Å². The molecular formula is C16H25NOS. The third kappa shape index (κ3) is 3.67. The summed E-state index contributed by atoms with van der Waals surface area (Å²) in [5.74, 6) is 0.741. The van der Waals surface area contributed by atoms with Gasteiger partial charge in [0.05, 0.1) is 0 Å². The topological polar surface area (TPSA) is 29.1 Å². The number of rotatable bonds is 5. The molecule has 1 N–H and O–H groups in total. The zero-order valence-electron chi connectivity index (χ0n) is 12.2. The Labute approximate surface area is 119 Å². The molecule has 0 bridgehead atoms. The fraction of sp³-hybridized carbons (Fsp3) is 0.625. The lowest BCUT2D eigenvalue weighted by Crippen LogP contribution is -2.27. The summed E-state index contributed by atoms with van der Waals surface area (Å²) in [6, 6.07) is 6.74. The second-order valence-electron chi connectivity index (χ2n) is 5.66. The van der Waals surface area contributed by atoms with E-state index in [9.17, 15) is 4.21 Å². The highest BCUT2D eigenvalue weighted by atomic mass is 32.2. The molecular weight excluding hydrogens is 254 g/mol. The van der Waals surface area contributed by atoms with Crippen LogP contribution in [0.15, 0.2) is 18.2 Å². The molecule has 1 saturated carbocycles. The van der Waals surface area contributed by atoms with Crippen molar-refractivity contribution in [2.75, 3.05) is 12.8 Å². The Kier molecular flexibility index (Phi) is 5.17. The molecule has 1 aliphatic carbocycles. The molecule has 19 heavy (non-hydrogen) atoms. The minimum atomic E-state index is -0.702. The van der Waals surface area contributed by atoms with Gasteiger partial charge < -0.3 is 5.32 Å². The summed E-state index contributed by atoms with van der Waals surface area (Å²) in [5, 5.41) is 3.77. The first-order chi connectivity index (χ1) is 9.11. The first-order valence-corrected chi connectivity index (χ1v) is 8.61. The second kappa shape index (κ2) is 6.67. The molecule has 1 fully saturated rings. The highest BCUT2D eigenvalue weighted by molar-refractivity contribution is 7.85. The van der Waals surface area contributed by atoms with Gasteiger partial charge in [-0.05, 0) is 44.9 Å². The van der Waals surface area contributed by atoms with Gasteiger partial charge in [-0.3, -0.25) is 4.21 Å². The summed E-state index contributed by atoms with van der Waals surface area (Å²) >= 11 is 0. The van der Waals surface area contributed by atoms with E-state index in [-0.39, 0.29) is 6.04 Å². The smallest absolute Gasteiger partial charge is 0.0437 e. The molecule has 1 aromatic carbocycles. The molecule has 2 unspecified atom stereocenters. The standard InChI is InChI=1S/C16H25NOS/c1-12-8-9-15(13(2)10-12)16(17-3)11-19(18)14-6-4-5-7-14/h8-10,14,16-17H,4-7,11H2,1-3H3. The van der Waals surface area contributed by atoms with Crippen molar-refractivity contribution >= 4 is 10.8 Å². The van der Waals surface area contributed by atoms with Gasteiger partial charge in [-0.2, -0.15) is 0 Å². The van der Waals surface area contributed by atoms with Crippen molar-refractivity contribution in [2.24, 2.45) is 0 Å². The SMILES string of the molecule is CNC(CS(=O)C1CCCC1)c1ccc(C)cc1C. The van der Waals surface area contributed by atoms with E-state index < -0.39 is 10.8 Å². The van der Waals surface area contributed by atoms with Crippen molar-refractivity contribution in [1.29, 1.82) is 0 Å². The van der Waals surface area contributed by atoms with Gasteiger partial charge in [0.2, 0.25) is 0 Å². The number of nitrogens with one attached hydrogen (secondary N) is 1. The van der Waals surface area contributed by atoms with E-state index in [2.05, 4.69) is 37.4 Å². The predicted molar refractivity (Wildman–Crippen MR) is 83.0 cm³/mol. The predicted octanol–water partition coefficient (Wildman–Crippen LogP) is 3.26. The van der Waals surface area contributed by atoms with Gasteiger partial charge in [0.1, 0.15) is 0 Å². The molecule has 1 aliphatic rings. The van der Waals surface area contributed by atoms with Crippen molar-refractivity contribution in [3.8, 4) is 0 Å². The van der Waals surface area contributed by atoms with Gasteiger partial charge in [0.25, 0.3) is 0 Å². The van der Waals surface area contributed by atoms with Gasteiger partial charge in [-0.15, -0.1) is 0 Å². The number of hydrogen-bond donors (Lipinski definition) is 1. The quantitative estimate of drug-likeness (QED) is 0.896. The lowest BCUT2D eigenvalue weighted by Gasteiger charge is -2.20. The van der Waals surface area contributed by atoms with Crippen LogP contribution in [-0.2, 0) is 10.8 Å². The van der Waals surface area contributed by atoms with E-state index in [1.165, 1.54) is 29.5 Å². The lowest BCUT2D eigenvalue weighted by molar-refractivity contribution is 0.625. The second-order valence-corrected chi connectivity index (χ2v) is 7.42. The molecule has 0 spiro atoms. The highest BCUT2D eigenvalue weighted by Crippen LogP contribution is 2.26. The van der Waals surface area contributed by atoms with Crippen LogP contribution in [-0.4, -0.2) is 22.3 Å². The molecule has 0 saturated heterocycles. The summed E-state index contributed by atoms with van der Waals surface area (Å²) in [7, 11) is 1.27. The fourth-order valence-corrected chi connectivity index (χ4v) is 4.80. The van der Waals surface area contributed by atoms with Crippen molar-refractivity contribution in [1.82, 2.24) is 5.32 Å². The average Bonchev–Trinajstić information content (AvgIpc) is 2.90. The van der Waals surface area contributed by atoms with E-state index >= 15 is 0 Å². The first-order valence-electron chi connectivity index (χ1n) is 7.23. The van der Waals surface area contributed by atoms with E-state index in [0.717, 1.165) is 18.6 Å². The van der Waals surface area contributed by atoms with Crippen LogP contribution < -0.4 is 5.32 Å². The molecule has 0 aliphatic heterocycles. The molecule has 1 aromatic rings. The van der Waals surface area contributed by atoms with Crippen molar-refractivity contribution in [3.63, 3.8) is 0 Å². The largest absolute Gasteiger partial charge is 0.312 e. The molecule has 3 heteroatoms. The zero-order chi connectivity index (χ0) is 13.8. The van der Waals surface area contributed by atoms with Crippen LogP contribution in [0.1, 0.15) is 48.4 Å². The third-order valence-corrected chi connectivity index (χ3v) is 6.03. The van der Waals surface area contributed by atoms with Crippen molar-refractivity contribution in [3.05, 3.63) is 34.9 Å². The van der Waals surface area contributed by atoms with Crippen LogP contribution in [0.5, 0.6) is 0 Å². The summed E-state index contributed by atoms with van der Waals surface area (Å²) < 4.78 is 12.4. The van der Waals surface area contributed by atoms with Crippen LogP contribution >= 0.6 is 0 Å². The monoisotopic (exact) mass is 279 g/mol. The lowest BCUT2D eigenvalue weighted by atomic mass is 10.0. The summed E-state index contributed by atoms with van der Waals surface area (Å²) in [6.07, 6.45) is 4.81. The van der Waals surface area contributed by atoms with E-state index in [1.807, 2.05) is 7.05 Å². The normalized spacial score (nSPS) is 19.5. The first kappa shape index (κ1) is 14.7. The van der Waals surface area contributed by atoms with Crippen LogP contribution in [0.25, 0.3) is 0 Å². The minimum Gasteiger partial charge on any atom is -0.312 e. The summed E-state index contributed by atoms with van der Waals surface area (Å²) in [6.45, 7) is 4.26. The molecule has 106 valence electrons. The Morgan fingerprint density at radius 2 is 2.00 bits per heavy atom. The Bertz CT molecular complexity index is 452. The number of hydrogen-bond acceptors (Lipinski definition) is 2. The molecule has 0 radical (unpaired) electrons. The number of benzene rings is 1. The van der Waals surface area contributed by atoms with E-state index in [0.29, 0.717) is 5.25 Å². The Balaban J connectivity index is 2.08. The Morgan fingerprint density at radius 1 is 1.32 bits per heavy atom. The molecule has 2 nitrogen and oxygen atoms in total. The Hall–Kier alpha value is -0.670. The van der Waals surface area contributed by atoms with E-state index in [4.69, 9.17) is 0 Å². The van der Waals surface area contributed by atoms with E-state index in [1.54, 1.807) is 0 Å². The third-order valence-electron chi connectivity index (χ3n) is 4.15. The van der Waals surface area contributed by atoms with Crippen molar-refractivity contribution in [2.45, 2.75) is 50.8 Å². The average molecular weight is 279 g/mol. The summed E-state index contributed by atoms with van der Waals surface area (Å²) in [4.78, 5) is 0. The summed E-state index contributed by atoms with van der Waals surface area (Å²) in [5.41, 5.74) is 3.87. The maximum atomic E-state index is 12.4. The molecule has 0 amide bonds. The van der Waals surface area contributed by atoms with Gasteiger partial charge in [-0.25, -0.2) is 0 Å². The van der Waals surface area contributed by atoms with Crippen LogP contribution in [0, 0.1) is 13.8 Å². The maximum absolute atomic E-state index is 12.4. The Morgan fingerprint density at radius 3 is 2.58 bits per heavy atom. The van der Waals surface area contributed by atoms with Gasteiger partial charge >= 0.3 is 0 Å². The van der Waals surface area contributed by atoms with Crippen molar-refractivity contribution < 1.29 is 4.21 Å². The molecule has 0 aromatic heterocycles.